The van der Waals surface area contributed by atoms with Gasteiger partial charge < -0.3 is 18.3 Å². The predicted octanol–water partition coefficient (Wildman–Crippen LogP) is 19.3. The van der Waals surface area contributed by atoms with Crippen molar-refractivity contribution < 1.29 is 0 Å². The minimum Gasteiger partial charge on any atom is -0.306 e. The third kappa shape index (κ3) is 7.67. The summed E-state index contributed by atoms with van der Waals surface area (Å²) in [6, 6.07) is 85.2. The molecule has 9 heterocycles. The van der Waals surface area contributed by atoms with Crippen LogP contribution < -0.4 is 0 Å². The van der Waals surface area contributed by atoms with E-state index in [1.54, 1.807) is 0 Å². The lowest BCUT2D eigenvalue weighted by atomic mass is 9.93. The predicted molar refractivity (Wildman–Crippen MR) is 365 cm³/mol. The molecule has 0 N–H and O–H groups in total. The summed E-state index contributed by atoms with van der Waals surface area (Å²) in [6.45, 7) is 0. The molecule has 0 aliphatic heterocycles. The first-order chi connectivity index (χ1) is 44.7. The van der Waals surface area contributed by atoms with Gasteiger partial charge in [-0.3, -0.25) is 24.9 Å². The van der Waals surface area contributed by atoms with Gasteiger partial charge in [0.15, 0.2) is 0 Å². The molecule has 0 radical (unpaired) electrons. The highest BCUT2D eigenvalue weighted by molar-refractivity contribution is 6.18. The SMILES string of the molecule is N#Cc1c(-n2c3ccccc3c3ccccc32)c(-n2c3ccc(-c4cccnc4)cc3c3cc(-c4cccnc4)ccc32)c(-c2ccncc2)c(-n2c3ccc(-c4cccnc4)cc3c3cc(-c4cccnc4)ccc32)c1-n1c2ccccc2c2ccccc21. The molecule has 0 bridgehead atoms. The fraction of sp³-hybridized carbons (Fsp3) is 0. The van der Waals surface area contributed by atoms with E-state index >= 15 is 0 Å². The quantitative estimate of drug-likeness (QED) is 0.142. The third-order valence-electron chi connectivity index (χ3n) is 18.0. The van der Waals surface area contributed by atoms with Crippen LogP contribution in [0.5, 0.6) is 0 Å². The van der Waals surface area contributed by atoms with Crippen LogP contribution in [0.25, 0.3) is 166 Å². The van der Waals surface area contributed by atoms with Crippen molar-refractivity contribution in [1.29, 1.82) is 5.26 Å². The molecule has 0 fully saturated rings. The molecule has 9 aromatic heterocycles. The molecule has 0 saturated heterocycles. The lowest BCUT2D eigenvalue weighted by molar-refractivity contribution is 1.04. The molecule has 0 atom stereocenters. The normalized spacial score (nSPS) is 11.8. The lowest BCUT2D eigenvalue weighted by Gasteiger charge is -2.29. The maximum Gasteiger partial charge on any atom is 0.104 e. The van der Waals surface area contributed by atoms with Gasteiger partial charge in [-0.05, 0) is 137 Å². The summed E-state index contributed by atoms with van der Waals surface area (Å²) in [5.41, 5.74) is 21.0. The summed E-state index contributed by atoms with van der Waals surface area (Å²) in [5, 5.41) is 21.5. The number of nitriles is 1. The second-order valence-corrected chi connectivity index (χ2v) is 22.8. The second kappa shape index (κ2) is 20.3. The zero-order valence-corrected chi connectivity index (χ0v) is 48.2. The summed E-state index contributed by atoms with van der Waals surface area (Å²) in [6.07, 6.45) is 18.7. The average Bonchev–Trinajstić information content (AvgIpc) is 1.47. The zero-order chi connectivity index (χ0) is 59.4. The molecule has 0 saturated carbocycles. The van der Waals surface area contributed by atoms with Gasteiger partial charge in [0, 0.05) is 133 Å². The smallest absolute Gasteiger partial charge is 0.104 e. The minimum absolute atomic E-state index is 0.471. The Morgan fingerprint density at radius 2 is 0.522 bits per heavy atom. The Kier molecular flexibility index (Phi) is 11.4. The van der Waals surface area contributed by atoms with Gasteiger partial charge in [-0.25, -0.2) is 0 Å². The summed E-state index contributed by atoms with van der Waals surface area (Å²) in [7, 11) is 0. The van der Waals surface area contributed by atoms with Crippen molar-refractivity contribution in [3.05, 3.63) is 298 Å². The molecule has 18 aromatic rings. The van der Waals surface area contributed by atoms with E-state index in [4.69, 9.17) is 4.98 Å². The molecule has 0 spiro atoms. The third-order valence-corrected chi connectivity index (χ3v) is 18.0. The van der Waals surface area contributed by atoms with E-state index in [9.17, 15) is 5.26 Å². The highest BCUT2D eigenvalue weighted by Crippen LogP contribution is 2.53. The van der Waals surface area contributed by atoms with Crippen LogP contribution in [0.15, 0.2) is 292 Å². The molecule has 90 heavy (non-hydrogen) atoms. The largest absolute Gasteiger partial charge is 0.306 e. The van der Waals surface area contributed by atoms with Gasteiger partial charge in [-0.2, -0.15) is 5.26 Å². The van der Waals surface area contributed by atoms with Crippen molar-refractivity contribution in [2.45, 2.75) is 0 Å². The first-order valence-corrected chi connectivity index (χ1v) is 30.0. The molecule has 18 rings (SSSR count). The number of para-hydroxylation sites is 4. The highest BCUT2D eigenvalue weighted by atomic mass is 15.1. The van der Waals surface area contributed by atoms with Crippen molar-refractivity contribution >= 4 is 87.2 Å². The molecule has 10 nitrogen and oxygen atoms in total. The van der Waals surface area contributed by atoms with E-state index in [1.165, 1.54) is 0 Å². The first-order valence-electron chi connectivity index (χ1n) is 30.0. The number of fused-ring (bicyclic) bond motifs is 12. The van der Waals surface area contributed by atoms with Crippen molar-refractivity contribution in [2.24, 2.45) is 0 Å². The molecule has 9 aromatic carbocycles. The summed E-state index contributed by atoms with van der Waals surface area (Å²) in [5.74, 6) is 0. The standard InChI is InChI=1S/C80H48N10/c81-45-67-77(87-68-21-5-1-17-59(68)60-18-2-6-22-69(60)87)79(89-72-29-25-51(55-13-9-35-83-46-55)41-63(72)64-42-52(26-30-73(64)89)56-14-10-36-84-47-56)76(50-33-39-82-40-34-50)80(78(67)88-70-23-7-3-19-61(70)62-20-4-8-24-71(62)88)90-74-31-27-53(57-15-11-37-85-48-57)43-65(74)66-44-54(28-32-75(66)90)58-16-12-38-86-49-58/h1-44,46-49H. The Hall–Kier alpha value is -12.6. The maximum atomic E-state index is 13.2. The molecule has 418 valence electrons. The second-order valence-electron chi connectivity index (χ2n) is 22.8. The van der Waals surface area contributed by atoms with E-state index in [2.05, 4.69) is 251 Å². The van der Waals surface area contributed by atoms with Crippen LogP contribution in [0, 0.1) is 11.3 Å². The van der Waals surface area contributed by atoms with Crippen molar-refractivity contribution in [3.8, 4) is 84.5 Å². The van der Waals surface area contributed by atoms with Gasteiger partial charge in [0.1, 0.15) is 11.6 Å². The van der Waals surface area contributed by atoms with Crippen LogP contribution in [-0.4, -0.2) is 43.2 Å². The monoisotopic (exact) mass is 1150 g/mol. The van der Waals surface area contributed by atoms with Gasteiger partial charge in [0.25, 0.3) is 0 Å². The molecule has 0 amide bonds. The Morgan fingerprint density at radius 3 is 0.811 bits per heavy atom. The van der Waals surface area contributed by atoms with E-state index in [-0.39, 0.29) is 0 Å². The number of pyridine rings is 5. The number of hydrogen-bond acceptors (Lipinski definition) is 6. The Morgan fingerprint density at radius 1 is 0.233 bits per heavy atom. The number of rotatable bonds is 9. The molecule has 10 heteroatoms. The van der Waals surface area contributed by atoms with E-state index < -0.39 is 0 Å². The van der Waals surface area contributed by atoms with Gasteiger partial charge in [0.05, 0.1) is 66.9 Å². The van der Waals surface area contributed by atoms with E-state index in [0.29, 0.717) is 16.9 Å². The highest BCUT2D eigenvalue weighted by Gasteiger charge is 2.35. The lowest BCUT2D eigenvalue weighted by Crippen LogP contribution is -2.16. The van der Waals surface area contributed by atoms with E-state index in [1.807, 2.05) is 86.2 Å². The fourth-order valence-electron chi connectivity index (χ4n) is 14.2. The number of hydrogen-bond donors (Lipinski definition) is 0. The van der Waals surface area contributed by atoms with Crippen LogP contribution in [0.3, 0.4) is 0 Å². The minimum atomic E-state index is 0.471. The zero-order valence-electron chi connectivity index (χ0n) is 48.2. The summed E-state index contributed by atoms with van der Waals surface area (Å²) < 4.78 is 9.60. The molecule has 0 aliphatic carbocycles. The molecular formula is C80H48N10. The van der Waals surface area contributed by atoms with Crippen LogP contribution >= 0.6 is 0 Å². The summed E-state index contributed by atoms with van der Waals surface area (Å²) >= 11 is 0. The Balaban J connectivity index is 1.12. The number of aromatic nitrogens is 9. The van der Waals surface area contributed by atoms with Gasteiger partial charge in [-0.1, -0.05) is 121 Å². The molecule has 0 aliphatic rings. The average molecular weight is 1150 g/mol. The number of benzene rings is 9. The Bertz CT molecular complexity index is 5320. The fourth-order valence-corrected chi connectivity index (χ4v) is 14.2. The maximum absolute atomic E-state index is 13.2. The van der Waals surface area contributed by atoms with Crippen LogP contribution in [0.2, 0.25) is 0 Å². The van der Waals surface area contributed by atoms with Crippen molar-refractivity contribution in [1.82, 2.24) is 43.2 Å². The topological polar surface area (TPSA) is 108 Å². The first kappa shape index (κ1) is 50.7. The van der Waals surface area contributed by atoms with Gasteiger partial charge in [0.2, 0.25) is 0 Å². The van der Waals surface area contributed by atoms with Crippen molar-refractivity contribution in [2.75, 3.05) is 0 Å². The number of nitrogens with zero attached hydrogens (tertiary/aromatic N) is 10. The Labute approximate surface area is 515 Å². The van der Waals surface area contributed by atoms with E-state index in [0.717, 1.165) is 154 Å². The van der Waals surface area contributed by atoms with Crippen LogP contribution in [-0.2, 0) is 0 Å². The molecule has 0 unspecified atom stereocenters. The van der Waals surface area contributed by atoms with Crippen molar-refractivity contribution in [3.63, 3.8) is 0 Å². The van der Waals surface area contributed by atoms with Gasteiger partial charge >= 0.3 is 0 Å². The van der Waals surface area contributed by atoms with Gasteiger partial charge in [-0.15, -0.1) is 0 Å². The summed E-state index contributed by atoms with van der Waals surface area (Å²) in [4.78, 5) is 23.1. The van der Waals surface area contributed by atoms with Crippen LogP contribution in [0.4, 0.5) is 0 Å². The molecular weight excluding hydrogens is 1100 g/mol. The van der Waals surface area contributed by atoms with Crippen LogP contribution in [0.1, 0.15) is 5.56 Å².